The molecule has 0 unspecified atom stereocenters. The van der Waals surface area contributed by atoms with E-state index in [4.69, 9.17) is 4.74 Å². The molecule has 0 aromatic heterocycles. The highest BCUT2D eigenvalue weighted by molar-refractivity contribution is 5.29. The SMILES string of the molecule is C=CCOc1cccc(CC(C)(C)C)c1. The van der Waals surface area contributed by atoms with Crippen LogP contribution in [0.2, 0.25) is 0 Å². The van der Waals surface area contributed by atoms with E-state index in [1.165, 1.54) is 5.56 Å². The Kier molecular flexibility index (Phi) is 3.96. The second kappa shape index (κ2) is 5.01. The van der Waals surface area contributed by atoms with Crippen molar-refractivity contribution in [3.63, 3.8) is 0 Å². The summed E-state index contributed by atoms with van der Waals surface area (Å²) in [5, 5.41) is 0. The van der Waals surface area contributed by atoms with Crippen molar-refractivity contribution in [1.82, 2.24) is 0 Å². The Hall–Kier alpha value is -1.24. The number of hydrogen-bond donors (Lipinski definition) is 0. The van der Waals surface area contributed by atoms with Crippen LogP contribution in [-0.2, 0) is 6.42 Å². The highest BCUT2D eigenvalue weighted by Crippen LogP contribution is 2.23. The molecule has 0 aliphatic rings. The van der Waals surface area contributed by atoms with E-state index >= 15 is 0 Å². The zero-order chi connectivity index (χ0) is 11.3. The van der Waals surface area contributed by atoms with E-state index in [0.29, 0.717) is 12.0 Å². The van der Waals surface area contributed by atoms with Crippen molar-refractivity contribution in [3.05, 3.63) is 42.5 Å². The Balaban J connectivity index is 2.69. The number of hydrogen-bond acceptors (Lipinski definition) is 1. The van der Waals surface area contributed by atoms with Gasteiger partial charge in [0.05, 0.1) is 0 Å². The highest BCUT2D eigenvalue weighted by atomic mass is 16.5. The molecule has 0 bridgehead atoms. The van der Waals surface area contributed by atoms with E-state index in [9.17, 15) is 0 Å². The lowest BCUT2D eigenvalue weighted by Gasteiger charge is -2.18. The third-order valence-corrected chi connectivity index (χ3v) is 2.00. The minimum absolute atomic E-state index is 0.317. The average Bonchev–Trinajstić information content (AvgIpc) is 2.12. The molecule has 82 valence electrons. The minimum atomic E-state index is 0.317. The second-order valence-electron chi connectivity index (χ2n) is 4.98. The van der Waals surface area contributed by atoms with Crippen LogP contribution in [-0.4, -0.2) is 6.61 Å². The van der Waals surface area contributed by atoms with Crippen molar-refractivity contribution < 1.29 is 4.74 Å². The molecular formula is C14H20O. The van der Waals surface area contributed by atoms with Crippen LogP contribution < -0.4 is 4.74 Å². The van der Waals surface area contributed by atoms with Gasteiger partial charge in [-0.1, -0.05) is 45.6 Å². The van der Waals surface area contributed by atoms with Crippen LogP contribution in [0.3, 0.4) is 0 Å². The van der Waals surface area contributed by atoms with Gasteiger partial charge in [0.25, 0.3) is 0 Å². The Labute approximate surface area is 92.8 Å². The number of benzene rings is 1. The second-order valence-corrected chi connectivity index (χ2v) is 4.98. The van der Waals surface area contributed by atoms with Gasteiger partial charge in [0.2, 0.25) is 0 Å². The third kappa shape index (κ3) is 4.68. The van der Waals surface area contributed by atoms with Gasteiger partial charge in [-0.3, -0.25) is 0 Å². The lowest BCUT2D eigenvalue weighted by atomic mass is 9.88. The van der Waals surface area contributed by atoms with Gasteiger partial charge in [0, 0.05) is 0 Å². The van der Waals surface area contributed by atoms with E-state index in [1.807, 2.05) is 12.1 Å². The van der Waals surface area contributed by atoms with Crippen LogP contribution in [0.5, 0.6) is 5.75 Å². The number of ether oxygens (including phenoxy) is 1. The Bertz CT molecular complexity index is 320. The van der Waals surface area contributed by atoms with Crippen LogP contribution in [0.25, 0.3) is 0 Å². The predicted octanol–water partition coefficient (Wildman–Crippen LogP) is 3.84. The molecule has 0 aliphatic heterocycles. The third-order valence-electron chi connectivity index (χ3n) is 2.00. The van der Waals surface area contributed by atoms with Crippen molar-refractivity contribution in [1.29, 1.82) is 0 Å². The van der Waals surface area contributed by atoms with Gasteiger partial charge >= 0.3 is 0 Å². The number of rotatable bonds is 4. The first-order valence-corrected chi connectivity index (χ1v) is 5.34. The van der Waals surface area contributed by atoms with Crippen molar-refractivity contribution >= 4 is 0 Å². The van der Waals surface area contributed by atoms with Crippen molar-refractivity contribution in [2.75, 3.05) is 6.61 Å². The molecule has 0 fully saturated rings. The molecule has 0 aliphatic carbocycles. The maximum Gasteiger partial charge on any atom is 0.120 e. The van der Waals surface area contributed by atoms with Crippen molar-refractivity contribution in [2.24, 2.45) is 5.41 Å². The van der Waals surface area contributed by atoms with Crippen molar-refractivity contribution in [3.8, 4) is 5.75 Å². The normalized spacial score (nSPS) is 11.1. The zero-order valence-electron chi connectivity index (χ0n) is 9.92. The minimum Gasteiger partial charge on any atom is -0.490 e. The molecular weight excluding hydrogens is 184 g/mol. The van der Waals surface area contributed by atoms with Crippen LogP contribution in [0.1, 0.15) is 26.3 Å². The molecule has 0 spiro atoms. The van der Waals surface area contributed by atoms with Crippen molar-refractivity contribution in [2.45, 2.75) is 27.2 Å². The average molecular weight is 204 g/mol. The van der Waals surface area contributed by atoms with Gasteiger partial charge in [-0.15, -0.1) is 0 Å². The summed E-state index contributed by atoms with van der Waals surface area (Å²) in [6.45, 7) is 10.9. The molecule has 15 heavy (non-hydrogen) atoms. The maximum absolute atomic E-state index is 5.49. The fraction of sp³-hybridized carbons (Fsp3) is 0.429. The van der Waals surface area contributed by atoms with Gasteiger partial charge in [-0.25, -0.2) is 0 Å². The maximum atomic E-state index is 5.49. The summed E-state index contributed by atoms with van der Waals surface area (Å²) in [5.41, 5.74) is 1.64. The van der Waals surface area contributed by atoms with E-state index < -0.39 is 0 Å². The van der Waals surface area contributed by atoms with Gasteiger partial charge < -0.3 is 4.74 Å². The Morgan fingerprint density at radius 3 is 2.67 bits per heavy atom. The Morgan fingerprint density at radius 1 is 1.33 bits per heavy atom. The van der Waals surface area contributed by atoms with Crippen LogP contribution in [0, 0.1) is 5.41 Å². The largest absolute Gasteiger partial charge is 0.490 e. The summed E-state index contributed by atoms with van der Waals surface area (Å²) in [5.74, 6) is 0.927. The molecule has 1 nitrogen and oxygen atoms in total. The summed E-state index contributed by atoms with van der Waals surface area (Å²) in [4.78, 5) is 0. The first-order valence-electron chi connectivity index (χ1n) is 5.34. The van der Waals surface area contributed by atoms with E-state index in [0.717, 1.165) is 12.2 Å². The molecule has 0 N–H and O–H groups in total. The molecule has 1 rings (SSSR count). The first kappa shape index (κ1) is 11.8. The lowest BCUT2D eigenvalue weighted by Crippen LogP contribution is -2.09. The molecule has 0 heterocycles. The quantitative estimate of drug-likeness (QED) is 0.677. The molecule has 0 saturated heterocycles. The molecule has 1 aromatic rings. The van der Waals surface area contributed by atoms with Crippen LogP contribution in [0.4, 0.5) is 0 Å². The highest BCUT2D eigenvalue weighted by Gasteiger charge is 2.11. The smallest absolute Gasteiger partial charge is 0.120 e. The summed E-state index contributed by atoms with van der Waals surface area (Å²) in [6, 6.07) is 8.27. The summed E-state index contributed by atoms with van der Waals surface area (Å²) >= 11 is 0. The molecule has 0 radical (unpaired) electrons. The molecule has 0 amide bonds. The van der Waals surface area contributed by atoms with Gasteiger partial charge in [-0.05, 0) is 29.5 Å². The van der Waals surface area contributed by atoms with Gasteiger partial charge in [0.1, 0.15) is 12.4 Å². The molecule has 0 saturated carbocycles. The molecule has 0 atom stereocenters. The Morgan fingerprint density at radius 2 is 2.07 bits per heavy atom. The lowest BCUT2D eigenvalue weighted by molar-refractivity contribution is 0.361. The zero-order valence-corrected chi connectivity index (χ0v) is 9.92. The van der Waals surface area contributed by atoms with Gasteiger partial charge in [-0.2, -0.15) is 0 Å². The van der Waals surface area contributed by atoms with Crippen LogP contribution >= 0.6 is 0 Å². The summed E-state index contributed by atoms with van der Waals surface area (Å²) < 4.78 is 5.49. The fourth-order valence-electron chi connectivity index (χ4n) is 1.51. The van der Waals surface area contributed by atoms with Gasteiger partial charge in [0.15, 0.2) is 0 Å². The summed E-state index contributed by atoms with van der Waals surface area (Å²) in [7, 11) is 0. The molecule has 1 aromatic carbocycles. The summed E-state index contributed by atoms with van der Waals surface area (Å²) in [6.07, 6.45) is 2.83. The first-order chi connectivity index (χ1) is 7.01. The molecule has 1 heteroatoms. The van der Waals surface area contributed by atoms with Crippen LogP contribution in [0.15, 0.2) is 36.9 Å². The van der Waals surface area contributed by atoms with E-state index in [2.05, 4.69) is 39.5 Å². The monoisotopic (exact) mass is 204 g/mol. The van der Waals surface area contributed by atoms with E-state index in [1.54, 1.807) is 6.08 Å². The topological polar surface area (TPSA) is 9.23 Å². The standard InChI is InChI=1S/C14H20O/c1-5-9-15-13-8-6-7-12(10-13)11-14(2,3)4/h5-8,10H,1,9,11H2,2-4H3. The predicted molar refractivity (Wildman–Crippen MR) is 65.3 cm³/mol. The van der Waals surface area contributed by atoms with E-state index in [-0.39, 0.29) is 0 Å². The fourth-order valence-corrected chi connectivity index (χ4v) is 1.51.